The standard InChI is InChI=1S/C10H21N3S/c1-8(6-7-13(2)3)11-10(14)12-9-4-5-9/h8-9H,4-7H2,1-3H3,(H2,11,12,14). The first kappa shape index (κ1) is 11.7. The van der Waals surface area contributed by atoms with E-state index in [1.165, 1.54) is 12.8 Å². The van der Waals surface area contributed by atoms with E-state index in [0.717, 1.165) is 18.1 Å². The van der Waals surface area contributed by atoms with E-state index < -0.39 is 0 Å². The predicted molar refractivity (Wildman–Crippen MR) is 64.5 cm³/mol. The monoisotopic (exact) mass is 215 g/mol. The van der Waals surface area contributed by atoms with Crippen molar-refractivity contribution in [1.29, 1.82) is 0 Å². The van der Waals surface area contributed by atoms with Gasteiger partial charge >= 0.3 is 0 Å². The van der Waals surface area contributed by atoms with Crippen molar-refractivity contribution in [2.24, 2.45) is 0 Å². The summed E-state index contributed by atoms with van der Waals surface area (Å²) in [5, 5.41) is 7.40. The van der Waals surface area contributed by atoms with Crippen molar-refractivity contribution in [2.75, 3.05) is 20.6 Å². The molecular formula is C10H21N3S. The highest BCUT2D eigenvalue weighted by molar-refractivity contribution is 7.80. The SMILES string of the molecule is CC(CCN(C)C)NC(=S)NC1CC1. The number of hydrogen-bond acceptors (Lipinski definition) is 2. The second-order valence-electron chi connectivity index (χ2n) is 4.39. The molecule has 0 aromatic heterocycles. The maximum absolute atomic E-state index is 5.19. The Kier molecular flexibility index (Phi) is 4.62. The number of nitrogens with zero attached hydrogens (tertiary/aromatic N) is 1. The molecular weight excluding hydrogens is 194 g/mol. The highest BCUT2D eigenvalue weighted by Crippen LogP contribution is 2.18. The summed E-state index contributed by atoms with van der Waals surface area (Å²) < 4.78 is 0. The summed E-state index contributed by atoms with van der Waals surface area (Å²) in [5.74, 6) is 0. The molecule has 1 unspecified atom stereocenters. The molecule has 0 heterocycles. The minimum absolute atomic E-state index is 0.455. The normalized spacial score (nSPS) is 18.0. The second-order valence-corrected chi connectivity index (χ2v) is 4.79. The molecule has 0 amide bonds. The molecule has 3 nitrogen and oxygen atoms in total. The van der Waals surface area contributed by atoms with Crippen LogP contribution < -0.4 is 10.6 Å². The van der Waals surface area contributed by atoms with Gasteiger partial charge in [-0.1, -0.05) is 0 Å². The van der Waals surface area contributed by atoms with E-state index in [0.29, 0.717) is 12.1 Å². The lowest BCUT2D eigenvalue weighted by molar-refractivity contribution is 0.378. The lowest BCUT2D eigenvalue weighted by atomic mass is 10.2. The molecule has 0 aromatic carbocycles. The summed E-state index contributed by atoms with van der Waals surface area (Å²) in [7, 11) is 4.18. The van der Waals surface area contributed by atoms with Crippen LogP contribution in [0.15, 0.2) is 0 Å². The van der Waals surface area contributed by atoms with E-state index in [1.54, 1.807) is 0 Å². The molecule has 4 heteroatoms. The number of nitrogens with one attached hydrogen (secondary N) is 2. The molecule has 0 aromatic rings. The van der Waals surface area contributed by atoms with Crippen molar-refractivity contribution in [2.45, 2.75) is 38.3 Å². The van der Waals surface area contributed by atoms with Crippen LogP contribution in [0.5, 0.6) is 0 Å². The molecule has 1 rings (SSSR count). The van der Waals surface area contributed by atoms with E-state index in [2.05, 4.69) is 36.6 Å². The molecule has 1 aliphatic carbocycles. The molecule has 2 N–H and O–H groups in total. The molecule has 14 heavy (non-hydrogen) atoms. The highest BCUT2D eigenvalue weighted by atomic mass is 32.1. The van der Waals surface area contributed by atoms with E-state index in [-0.39, 0.29) is 0 Å². The van der Waals surface area contributed by atoms with E-state index in [1.807, 2.05) is 0 Å². The number of thiocarbonyl (C=S) groups is 1. The van der Waals surface area contributed by atoms with Crippen molar-refractivity contribution in [3.05, 3.63) is 0 Å². The van der Waals surface area contributed by atoms with Gasteiger partial charge < -0.3 is 15.5 Å². The van der Waals surface area contributed by atoms with Gasteiger partial charge in [-0.25, -0.2) is 0 Å². The Morgan fingerprint density at radius 1 is 1.50 bits per heavy atom. The van der Waals surface area contributed by atoms with Gasteiger partial charge in [-0.15, -0.1) is 0 Å². The van der Waals surface area contributed by atoms with Gasteiger partial charge in [-0.2, -0.15) is 0 Å². The van der Waals surface area contributed by atoms with Crippen LogP contribution >= 0.6 is 12.2 Å². The van der Waals surface area contributed by atoms with Gasteiger partial charge in [0.25, 0.3) is 0 Å². The highest BCUT2D eigenvalue weighted by Gasteiger charge is 2.21. The van der Waals surface area contributed by atoms with Crippen LogP contribution in [0.2, 0.25) is 0 Å². The quantitative estimate of drug-likeness (QED) is 0.668. The van der Waals surface area contributed by atoms with Gasteiger partial charge in [0.05, 0.1) is 0 Å². The zero-order chi connectivity index (χ0) is 10.6. The maximum Gasteiger partial charge on any atom is 0.166 e. The van der Waals surface area contributed by atoms with Gasteiger partial charge in [0, 0.05) is 12.1 Å². The van der Waals surface area contributed by atoms with E-state index in [9.17, 15) is 0 Å². The third-order valence-electron chi connectivity index (χ3n) is 2.30. The van der Waals surface area contributed by atoms with Gasteiger partial charge in [-0.3, -0.25) is 0 Å². The van der Waals surface area contributed by atoms with Crippen molar-refractivity contribution in [3.63, 3.8) is 0 Å². The first-order valence-electron chi connectivity index (χ1n) is 5.29. The average molecular weight is 215 g/mol. The first-order chi connectivity index (χ1) is 6.58. The summed E-state index contributed by atoms with van der Waals surface area (Å²) in [5.41, 5.74) is 0. The molecule has 1 saturated carbocycles. The second kappa shape index (κ2) is 5.51. The molecule has 0 spiro atoms. The van der Waals surface area contributed by atoms with Crippen molar-refractivity contribution >= 4 is 17.3 Å². The van der Waals surface area contributed by atoms with Crippen LogP contribution in [-0.4, -0.2) is 42.7 Å². The van der Waals surface area contributed by atoms with Crippen molar-refractivity contribution < 1.29 is 0 Å². The predicted octanol–water partition coefficient (Wildman–Crippen LogP) is 0.953. The largest absolute Gasteiger partial charge is 0.360 e. The Balaban J connectivity index is 2.05. The van der Waals surface area contributed by atoms with Gasteiger partial charge in [0.15, 0.2) is 5.11 Å². The zero-order valence-electron chi connectivity index (χ0n) is 9.34. The Bertz CT molecular complexity index is 190. The number of rotatable bonds is 5. The smallest absolute Gasteiger partial charge is 0.166 e. The summed E-state index contributed by atoms with van der Waals surface area (Å²) in [6.45, 7) is 3.27. The van der Waals surface area contributed by atoms with Crippen molar-refractivity contribution in [1.82, 2.24) is 15.5 Å². The number of hydrogen-bond donors (Lipinski definition) is 2. The lowest BCUT2D eigenvalue weighted by Gasteiger charge is -2.18. The Labute approximate surface area is 92.2 Å². The fraction of sp³-hybridized carbons (Fsp3) is 0.900. The first-order valence-corrected chi connectivity index (χ1v) is 5.70. The van der Waals surface area contributed by atoms with E-state index >= 15 is 0 Å². The molecule has 0 aliphatic heterocycles. The minimum atomic E-state index is 0.455. The fourth-order valence-electron chi connectivity index (χ4n) is 1.20. The Morgan fingerprint density at radius 2 is 2.14 bits per heavy atom. The molecule has 82 valence electrons. The van der Waals surface area contributed by atoms with Crippen LogP contribution in [0.25, 0.3) is 0 Å². The molecule has 0 bridgehead atoms. The van der Waals surface area contributed by atoms with Crippen LogP contribution in [0.3, 0.4) is 0 Å². The lowest BCUT2D eigenvalue weighted by Crippen LogP contribution is -2.42. The zero-order valence-corrected chi connectivity index (χ0v) is 10.2. The topological polar surface area (TPSA) is 27.3 Å². The summed E-state index contributed by atoms with van der Waals surface area (Å²) >= 11 is 5.19. The third kappa shape index (κ3) is 5.40. The van der Waals surface area contributed by atoms with Gasteiger partial charge in [0.1, 0.15) is 0 Å². The summed E-state index contributed by atoms with van der Waals surface area (Å²) in [4.78, 5) is 2.19. The molecule has 0 saturated heterocycles. The molecule has 1 fully saturated rings. The van der Waals surface area contributed by atoms with Gasteiger partial charge in [-0.05, 0) is 59.0 Å². The molecule has 1 aliphatic rings. The van der Waals surface area contributed by atoms with Crippen LogP contribution in [-0.2, 0) is 0 Å². The average Bonchev–Trinajstić information content (AvgIpc) is 2.84. The Hall–Kier alpha value is -0.350. The summed E-state index contributed by atoms with van der Waals surface area (Å²) in [6, 6.07) is 1.10. The Morgan fingerprint density at radius 3 is 2.64 bits per heavy atom. The molecule has 1 atom stereocenters. The summed E-state index contributed by atoms with van der Waals surface area (Å²) in [6.07, 6.45) is 3.67. The fourth-order valence-corrected chi connectivity index (χ4v) is 1.57. The van der Waals surface area contributed by atoms with Crippen LogP contribution in [0.1, 0.15) is 26.2 Å². The third-order valence-corrected chi connectivity index (χ3v) is 2.54. The van der Waals surface area contributed by atoms with E-state index in [4.69, 9.17) is 12.2 Å². The van der Waals surface area contributed by atoms with Crippen LogP contribution in [0, 0.1) is 0 Å². The maximum atomic E-state index is 5.19. The van der Waals surface area contributed by atoms with Gasteiger partial charge in [0.2, 0.25) is 0 Å². The molecule has 0 radical (unpaired) electrons. The van der Waals surface area contributed by atoms with Crippen molar-refractivity contribution in [3.8, 4) is 0 Å². The minimum Gasteiger partial charge on any atom is -0.360 e. The van der Waals surface area contributed by atoms with Crippen LogP contribution in [0.4, 0.5) is 0 Å².